The highest BCUT2D eigenvalue weighted by Crippen LogP contribution is 2.43. The number of fused-ring (bicyclic) bond motifs is 6. The lowest BCUT2D eigenvalue weighted by molar-refractivity contribution is -0.155. The van der Waals surface area contributed by atoms with Gasteiger partial charge in [0.1, 0.15) is 17.3 Å². The summed E-state index contributed by atoms with van der Waals surface area (Å²) in [7, 11) is 1.93. The highest BCUT2D eigenvalue weighted by Gasteiger charge is 2.37. The number of rotatable bonds is 10. The third-order valence-corrected chi connectivity index (χ3v) is 13.2. The van der Waals surface area contributed by atoms with Crippen LogP contribution in [0.15, 0.2) is 73.6 Å². The quantitative estimate of drug-likeness (QED) is 0.123. The number of hydrogen-bond acceptors (Lipinski definition) is 10. The van der Waals surface area contributed by atoms with Gasteiger partial charge in [0, 0.05) is 61.5 Å². The van der Waals surface area contributed by atoms with Gasteiger partial charge in [0.2, 0.25) is 17.7 Å². The number of phenols is 1. The fourth-order valence-corrected chi connectivity index (χ4v) is 10.1. The van der Waals surface area contributed by atoms with Crippen LogP contribution >= 0.6 is 0 Å². The molecule has 3 aliphatic rings. The number of likely N-dealkylation sites (tertiary alicyclic amines) is 1. The Hall–Kier alpha value is -6.04. The summed E-state index contributed by atoms with van der Waals surface area (Å²) >= 11 is 0. The van der Waals surface area contributed by atoms with Gasteiger partial charge >= 0.3 is 5.97 Å². The van der Waals surface area contributed by atoms with Gasteiger partial charge in [-0.1, -0.05) is 46.4 Å². The van der Waals surface area contributed by atoms with Gasteiger partial charge in [-0.2, -0.15) is 5.26 Å². The molecule has 2 aromatic heterocycles. The molecule has 14 nitrogen and oxygen atoms in total. The summed E-state index contributed by atoms with van der Waals surface area (Å²) in [6.07, 6.45) is 7.38. The molecule has 2 fully saturated rings. The number of benzene rings is 2. The molecular weight excluding hydrogens is 821 g/mol. The fraction of sp³-hybridized carbons (Fsp3) is 0.490. The zero-order chi connectivity index (χ0) is 46.8. The Balaban J connectivity index is 1.27. The summed E-state index contributed by atoms with van der Waals surface area (Å²) < 4.78 is 8.17. The highest BCUT2D eigenvalue weighted by atomic mass is 16.5. The molecule has 6 bridgehead atoms. The number of hydrazine groups is 1. The van der Waals surface area contributed by atoms with E-state index in [0.717, 1.165) is 45.3 Å². The number of aromatic hydroxyl groups is 1. The minimum atomic E-state index is -0.953. The van der Waals surface area contributed by atoms with Gasteiger partial charge in [0.05, 0.1) is 35.8 Å². The van der Waals surface area contributed by atoms with Crippen LogP contribution in [0.3, 0.4) is 0 Å². The van der Waals surface area contributed by atoms with E-state index in [4.69, 9.17) is 4.74 Å². The second-order valence-corrected chi connectivity index (χ2v) is 19.9. The standard InChI is InChI=1S/C51H64N8O6/c1-9-44(61)57-20-16-33(29-57)28-56(8)45(32(2)3)47(62)54-27-38-22-34-21-37(24-39(60)23-34)36-12-13-43-40(25-36)41(46(35-14-17-53-18-15-35)59(43)51(6,7)30-52)26-50(4,5)31-65-49(64)42-11-10-19-58(55-42)48(38)63/h9,12-15,17-18,21,23-25,32-33,38,42,45,55,60H,1,10-11,16,19-20,22,26-29,31H2,2-8H3,(H,54,62)/t33-,38-,42+,45+/m1/s1. The number of nitrogens with one attached hydrogen (secondary N) is 2. The van der Waals surface area contributed by atoms with E-state index >= 15 is 0 Å². The summed E-state index contributed by atoms with van der Waals surface area (Å²) in [6.45, 7) is 17.9. The monoisotopic (exact) mass is 884 g/mol. The largest absolute Gasteiger partial charge is 0.508 e. The van der Waals surface area contributed by atoms with E-state index in [9.17, 15) is 29.5 Å². The molecule has 2 aromatic carbocycles. The number of amides is 3. The molecule has 3 amide bonds. The van der Waals surface area contributed by atoms with Gasteiger partial charge in [0.25, 0.3) is 0 Å². The normalized spacial score (nSPS) is 20.9. The number of carbonyl (C=O) groups excluding carboxylic acids is 4. The van der Waals surface area contributed by atoms with Crippen molar-refractivity contribution in [2.24, 2.45) is 23.2 Å². The first-order valence-corrected chi connectivity index (χ1v) is 22.9. The molecule has 65 heavy (non-hydrogen) atoms. The first kappa shape index (κ1) is 46.9. The average Bonchev–Trinajstić information content (AvgIpc) is 3.88. The molecule has 2 saturated heterocycles. The Bertz CT molecular complexity index is 2490. The second kappa shape index (κ2) is 19.2. The van der Waals surface area contributed by atoms with Gasteiger partial charge in [0.15, 0.2) is 0 Å². The molecule has 0 saturated carbocycles. The van der Waals surface area contributed by atoms with Crippen LogP contribution in [-0.4, -0.2) is 112 Å². The van der Waals surface area contributed by atoms with Crippen molar-refractivity contribution in [1.82, 2.24) is 35.1 Å². The van der Waals surface area contributed by atoms with Gasteiger partial charge < -0.3 is 24.6 Å². The predicted octanol–water partition coefficient (Wildman–Crippen LogP) is 6.22. The SMILES string of the molecule is C=CC(=O)N1CC[C@H](CN(C)[C@H](C(=O)NC[C@H]2Cc3cc(O)cc(c3)-c3ccc4c(c3)c(c(-c3ccncc3)n4C(C)(C)C#N)CC(C)(C)COC(=O)[C@@H]3CCCN(N3)C2=O)C(C)C)C1. The number of hydrogen-bond donors (Lipinski definition) is 3. The maximum atomic E-state index is 14.6. The van der Waals surface area contributed by atoms with Crippen molar-refractivity contribution in [2.45, 2.75) is 91.3 Å². The molecule has 4 atom stereocenters. The van der Waals surface area contributed by atoms with Gasteiger partial charge in [-0.15, -0.1) is 0 Å². The van der Waals surface area contributed by atoms with E-state index in [1.54, 1.807) is 29.4 Å². The summed E-state index contributed by atoms with van der Waals surface area (Å²) in [5.41, 5.74) is 7.54. The lowest BCUT2D eigenvalue weighted by Gasteiger charge is -2.36. The zero-order valence-electron chi connectivity index (χ0n) is 38.9. The van der Waals surface area contributed by atoms with E-state index in [1.807, 2.05) is 70.0 Å². The third-order valence-electron chi connectivity index (χ3n) is 13.2. The molecular formula is C51H64N8O6. The number of esters is 1. The Labute approximate surface area is 382 Å². The van der Waals surface area contributed by atoms with Crippen molar-refractivity contribution >= 4 is 34.6 Å². The van der Waals surface area contributed by atoms with Crippen LogP contribution in [0, 0.1) is 34.5 Å². The second-order valence-electron chi connectivity index (χ2n) is 19.9. The van der Waals surface area contributed by atoms with E-state index < -0.39 is 34.9 Å². The Morgan fingerprint density at radius 2 is 1.85 bits per heavy atom. The van der Waals surface area contributed by atoms with Crippen molar-refractivity contribution in [2.75, 3.05) is 46.4 Å². The van der Waals surface area contributed by atoms with Crippen LogP contribution in [0.4, 0.5) is 0 Å². The van der Waals surface area contributed by atoms with Crippen molar-refractivity contribution in [3.05, 3.63) is 84.7 Å². The molecule has 344 valence electrons. The van der Waals surface area contributed by atoms with Crippen LogP contribution in [0.2, 0.25) is 0 Å². The molecule has 14 heteroatoms. The first-order chi connectivity index (χ1) is 30.9. The van der Waals surface area contributed by atoms with Gasteiger partial charge in [-0.25, -0.2) is 5.43 Å². The number of ether oxygens (including phenoxy) is 1. The zero-order valence-corrected chi connectivity index (χ0v) is 38.9. The fourth-order valence-electron chi connectivity index (χ4n) is 10.1. The number of cyclic esters (lactones) is 1. The highest BCUT2D eigenvalue weighted by molar-refractivity contribution is 5.95. The first-order valence-electron chi connectivity index (χ1n) is 22.9. The number of aromatic nitrogens is 2. The maximum absolute atomic E-state index is 14.6. The van der Waals surface area contributed by atoms with Crippen LogP contribution in [0.5, 0.6) is 5.75 Å². The predicted molar refractivity (Wildman–Crippen MR) is 250 cm³/mol. The maximum Gasteiger partial charge on any atom is 0.324 e. The molecule has 3 N–H and O–H groups in total. The molecule has 0 aliphatic carbocycles. The molecule has 7 rings (SSSR count). The number of phenolic OH excluding ortho intramolecular Hbond substituents is 1. The average molecular weight is 885 g/mol. The summed E-state index contributed by atoms with van der Waals surface area (Å²) in [5, 5.41) is 27.4. The van der Waals surface area contributed by atoms with E-state index in [-0.39, 0.29) is 54.9 Å². The van der Waals surface area contributed by atoms with Crippen molar-refractivity contribution in [3.8, 4) is 34.2 Å². The van der Waals surface area contributed by atoms with Gasteiger partial charge in [-0.05, 0) is 130 Å². The lowest BCUT2D eigenvalue weighted by Crippen LogP contribution is -2.58. The van der Waals surface area contributed by atoms with E-state index in [2.05, 4.69) is 52.9 Å². The molecule has 0 unspecified atom stereocenters. The summed E-state index contributed by atoms with van der Waals surface area (Å²) in [5.74, 6) is -1.61. The smallest absolute Gasteiger partial charge is 0.324 e. The number of carbonyl (C=O) groups is 4. The van der Waals surface area contributed by atoms with Crippen molar-refractivity contribution in [3.63, 3.8) is 0 Å². The van der Waals surface area contributed by atoms with Gasteiger partial charge in [-0.3, -0.25) is 34.1 Å². The molecule has 4 aromatic rings. The summed E-state index contributed by atoms with van der Waals surface area (Å²) in [4.78, 5) is 63.1. The number of nitrogens with zero attached hydrogens (tertiary/aromatic N) is 6. The van der Waals surface area contributed by atoms with Crippen LogP contribution in [0.1, 0.15) is 71.9 Å². The molecule has 0 radical (unpaired) electrons. The topological polar surface area (TPSA) is 173 Å². The van der Waals surface area contributed by atoms with E-state index in [1.165, 1.54) is 11.1 Å². The van der Waals surface area contributed by atoms with Crippen LogP contribution < -0.4 is 10.7 Å². The van der Waals surface area contributed by atoms with Crippen LogP contribution in [-0.2, 0) is 42.3 Å². The summed E-state index contributed by atoms with van der Waals surface area (Å²) in [6, 6.07) is 16.6. The number of pyridine rings is 1. The Kier molecular flexibility index (Phi) is 13.9. The number of nitriles is 1. The molecule has 3 aliphatic heterocycles. The van der Waals surface area contributed by atoms with Crippen molar-refractivity contribution < 1.29 is 29.0 Å². The van der Waals surface area contributed by atoms with Crippen LogP contribution in [0.25, 0.3) is 33.3 Å². The van der Waals surface area contributed by atoms with Crippen molar-refractivity contribution in [1.29, 1.82) is 5.26 Å². The minimum Gasteiger partial charge on any atom is -0.508 e. The lowest BCUT2D eigenvalue weighted by atomic mass is 9.84. The van der Waals surface area contributed by atoms with E-state index in [0.29, 0.717) is 51.0 Å². The Morgan fingerprint density at radius 3 is 2.55 bits per heavy atom. The number of likely N-dealkylation sites (N-methyl/N-ethyl adjacent to an activating group) is 1. The Morgan fingerprint density at radius 1 is 1.09 bits per heavy atom. The minimum absolute atomic E-state index is 0.0154. The third kappa shape index (κ3) is 10.3. The molecule has 0 spiro atoms. The molecule has 5 heterocycles.